The first-order valence-corrected chi connectivity index (χ1v) is 20.1. The van der Waals surface area contributed by atoms with Gasteiger partial charge >= 0.3 is 11.7 Å². The van der Waals surface area contributed by atoms with Gasteiger partial charge in [0.05, 0.1) is 58.7 Å². The third-order valence-corrected chi connectivity index (χ3v) is 11.8. The lowest BCUT2D eigenvalue weighted by Crippen LogP contribution is -2.39. The van der Waals surface area contributed by atoms with Gasteiger partial charge < -0.3 is 32.7 Å². The topological polar surface area (TPSA) is 164 Å². The fraction of sp³-hybridized carbons (Fsp3) is 0.395. The Bertz CT molecular complexity index is 2080. The summed E-state index contributed by atoms with van der Waals surface area (Å²) in [5.74, 6) is 0.681. The van der Waals surface area contributed by atoms with Crippen molar-refractivity contribution in [1.29, 1.82) is 5.26 Å². The second-order valence-electron chi connectivity index (χ2n) is 14.0. The normalized spacial score (nSPS) is 17.5. The van der Waals surface area contributed by atoms with Crippen LogP contribution in [0.2, 0.25) is 0 Å². The van der Waals surface area contributed by atoms with Gasteiger partial charge in [-0.05, 0) is 74.7 Å². The lowest BCUT2D eigenvalue weighted by atomic mass is 9.80. The number of carbonyl (C=O) groups is 1. The Kier molecular flexibility index (Phi) is 15.6. The Morgan fingerprint density at radius 1 is 0.948 bits per heavy atom. The highest BCUT2D eigenvalue weighted by molar-refractivity contribution is 7.44. The Morgan fingerprint density at radius 3 is 2.07 bits per heavy atom. The lowest BCUT2D eigenvalue weighted by molar-refractivity contribution is -0.134. The molecule has 0 radical (unpaired) electrons. The minimum Gasteiger partial charge on any atom is -0.497 e. The molecule has 0 amide bonds. The number of methoxy groups -OCH3 is 3. The number of nitrogens with one attached hydrogen (secondary N) is 1. The van der Waals surface area contributed by atoms with Gasteiger partial charge in [-0.2, -0.15) is 5.26 Å². The molecule has 1 N–H and O–H groups in total. The Labute approximate surface area is 339 Å². The van der Waals surface area contributed by atoms with E-state index in [4.69, 9.17) is 28.0 Å². The molecule has 0 bridgehead atoms. The zero-order valence-corrected chi connectivity index (χ0v) is 34.7. The first-order chi connectivity index (χ1) is 27.9. The van der Waals surface area contributed by atoms with Crippen LogP contribution in [-0.2, 0) is 33.7 Å². The number of hydrogen-bond donors (Lipinski definition) is 1. The van der Waals surface area contributed by atoms with E-state index in [1.807, 2.05) is 107 Å². The maximum absolute atomic E-state index is 13.4. The molecule has 4 aromatic rings. The van der Waals surface area contributed by atoms with E-state index >= 15 is 0 Å². The van der Waals surface area contributed by atoms with Gasteiger partial charge in [0, 0.05) is 30.8 Å². The highest BCUT2D eigenvalue weighted by atomic mass is 31.2. The largest absolute Gasteiger partial charge is 0.497 e. The highest BCUT2D eigenvalue weighted by Crippen LogP contribution is 2.50. The second-order valence-corrected chi connectivity index (χ2v) is 15.4. The van der Waals surface area contributed by atoms with Crippen molar-refractivity contribution in [3.63, 3.8) is 0 Å². The molecule has 1 saturated heterocycles. The van der Waals surface area contributed by atoms with Crippen LogP contribution in [0.3, 0.4) is 0 Å². The van der Waals surface area contributed by atoms with Crippen molar-refractivity contribution in [2.45, 2.75) is 76.7 Å². The number of aromatic nitrogens is 2. The van der Waals surface area contributed by atoms with Crippen LogP contribution in [0.25, 0.3) is 6.08 Å². The van der Waals surface area contributed by atoms with E-state index in [-0.39, 0.29) is 43.7 Å². The van der Waals surface area contributed by atoms with Crippen LogP contribution >= 0.6 is 8.53 Å². The van der Waals surface area contributed by atoms with Crippen molar-refractivity contribution >= 4 is 20.6 Å². The van der Waals surface area contributed by atoms with Crippen LogP contribution < -0.4 is 20.7 Å². The molecular weight excluding hydrogens is 763 g/mol. The van der Waals surface area contributed by atoms with Gasteiger partial charge in [-0.15, -0.1) is 0 Å². The molecule has 0 saturated carbocycles. The standard InChI is InChI=1S/C43H51N4O10P/c1-29(2)47(30(3)4)58(55-25-11-24-44)57-37-26-39(46-27-31(14-23-40(48)53-7)41(49)45-42(46)50)56-38(37)28-54-43(32-12-9-8-10-13-32,33-15-19-35(51-5)20-16-33)34-17-21-36(52-6)22-18-34/h8-10,12-23,27,29-30,37-39H,11,25-26,28H2,1-7H3,(H,45,49,50)/t37-,38+,39+,58?/m0/s1. The summed E-state index contributed by atoms with van der Waals surface area (Å²) in [4.78, 5) is 40.4. The molecule has 15 heteroatoms. The van der Waals surface area contributed by atoms with Crippen molar-refractivity contribution in [3.05, 3.63) is 134 Å². The average Bonchev–Trinajstić information content (AvgIpc) is 3.62. The summed E-state index contributed by atoms with van der Waals surface area (Å²) in [6.45, 7) is 8.29. The number of benzene rings is 3. The minimum absolute atomic E-state index is 0.0165. The number of H-pyrrole nitrogens is 1. The third-order valence-electron chi connectivity index (χ3n) is 9.61. The molecule has 58 heavy (non-hydrogen) atoms. The van der Waals surface area contributed by atoms with E-state index in [9.17, 15) is 19.6 Å². The molecule has 5 rings (SSSR count). The number of rotatable bonds is 19. The van der Waals surface area contributed by atoms with E-state index in [2.05, 4.69) is 20.5 Å². The van der Waals surface area contributed by atoms with E-state index in [0.717, 1.165) is 22.8 Å². The number of ether oxygens (including phenoxy) is 5. The van der Waals surface area contributed by atoms with Crippen LogP contribution in [0.15, 0.2) is 101 Å². The minimum atomic E-state index is -1.74. The molecule has 1 aromatic heterocycles. The van der Waals surface area contributed by atoms with Crippen molar-refractivity contribution in [2.24, 2.45) is 0 Å². The van der Waals surface area contributed by atoms with Gasteiger partial charge in [0.2, 0.25) is 0 Å². The molecule has 14 nitrogen and oxygen atoms in total. The maximum Gasteiger partial charge on any atom is 0.330 e. The van der Waals surface area contributed by atoms with Crippen LogP contribution in [0.1, 0.15) is 69.0 Å². The van der Waals surface area contributed by atoms with Gasteiger partial charge in [0.15, 0.2) is 0 Å². The molecule has 4 atom stereocenters. The molecule has 0 spiro atoms. The van der Waals surface area contributed by atoms with Gasteiger partial charge in [-0.3, -0.25) is 14.3 Å². The Hall–Kier alpha value is -5.13. The predicted octanol–water partition coefficient (Wildman–Crippen LogP) is 6.70. The van der Waals surface area contributed by atoms with E-state index in [1.165, 1.54) is 23.9 Å². The molecule has 1 aliphatic heterocycles. The number of nitrogens with zero attached hydrogens (tertiary/aromatic N) is 3. The van der Waals surface area contributed by atoms with Gasteiger partial charge in [0.1, 0.15) is 29.4 Å². The SMILES string of the molecule is COC(=O)C=Cc1cn([C@H]2C[C@H](OP(OCCC#N)N(C(C)C)C(C)C)[C@@H](COC(c3ccccc3)(c3ccc(OC)cc3)c3ccc(OC)cc3)O2)c(=O)[nH]c1=O. The quantitative estimate of drug-likeness (QED) is 0.0351. The van der Waals surface area contributed by atoms with E-state index < -0.39 is 49.8 Å². The lowest BCUT2D eigenvalue weighted by Gasteiger charge is -2.39. The zero-order chi connectivity index (χ0) is 41.8. The second kappa shape index (κ2) is 20.5. The van der Waals surface area contributed by atoms with Crippen molar-refractivity contribution < 1.29 is 37.5 Å². The van der Waals surface area contributed by atoms with Gasteiger partial charge in [-0.1, -0.05) is 54.6 Å². The van der Waals surface area contributed by atoms with Gasteiger partial charge in [-0.25, -0.2) is 14.3 Å². The number of hydrogen-bond acceptors (Lipinski definition) is 12. The fourth-order valence-corrected chi connectivity index (χ4v) is 8.64. The number of nitriles is 1. The van der Waals surface area contributed by atoms with Crippen LogP contribution in [0, 0.1) is 11.3 Å². The average molecular weight is 815 g/mol. The molecule has 0 aliphatic carbocycles. The fourth-order valence-electron chi connectivity index (χ4n) is 6.88. The van der Waals surface area contributed by atoms with Crippen LogP contribution in [-0.4, -0.2) is 79.0 Å². The number of esters is 1. The maximum atomic E-state index is 13.4. The first-order valence-electron chi connectivity index (χ1n) is 19.0. The molecule has 3 aromatic carbocycles. The summed E-state index contributed by atoms with van der Waals surface area (Å²) in [6.07, 6.45) is 1.62. The smallest absolute Gasteiger partial charge is 0.330 e. The predicted molar refractivity (Wildman–Crippen MR) is 219 cm³/mol. The first kappa shape index (κ1) is 44.0. The van der Waals surface area contributed by atoms with Crippen LogP contribution in [0.4, 0.5) is 0 Å². The molecule has 1 aliphatic rings. The summed E-state index contributed by atoms with van der Waals surface area (Å²) in [7, 11) is 2.70. The molecular formula is C43H51N4O10P. The molecule has 308 valence electrons. The van der Waals surface area contributed by atoms with Crippen LogP contribution in [0.5, 0.6) is 11.5 Å². The third kappa shape index (κ3) is 10.3. The van der Waals surface area contributed by atoms with Crippen molar-refractivity contribution in [2.75, 3.05) is 34.5 Å². The van der Waals surface area contributed by atoms with Gasteiger partial charge in [0.25, 0.3) is 14.1 Å². The number of carbonyl (C=O) groups excluding carboxylic acids is 1. The monoisotopic (exact) mass is 814 g/mol. The van der Waals surface area contributed by atoms with E-state index in [0.29, 0.717) is 11.5 Å². The summed E-state index contributed by atoms with van der Waals surface area (Å²) in [5, 5.41) is 9.34. The number of aromatic amines is 1. The van der Waals surface area contributed by atoms with Crippen molar-refractivity contribution in [1.82, 2.24) is 14.2 Å². The van der Waals surface area contributed by atoms with E-state index in [1.54, 1.807) is 14.2 Å². The summed E-state index contributed by atoms with van der Waals surface area (Å²) in [6, 6.07) is 27.3. The van der Waals surface area contributed by atoms with Crippen molar-refractivity contribution in [3.8, 4) is 17.6 Å². The zero-order valence-electron chi connectivity index (χ0n) is 33.8. The molecule has 2 heterocycles. The Balaban J connectivity index is 1.62. The summed E-state index contributed by atoms with van der Waals surface area (Å²) >= 11 is 0. The highest BCUT2D eigenvalue weighted by Gasteiger charge is 2.45. The molecule has 1 unspecified atom stereocenters. The summed E-state index contributed by atoms with van der Waals surface area (Å²) < 4.78 is 46.2. The molecule has 1 fully saturated rings. The summed E-state index contributed by atoms with van der Waals surface area (Å²) in [5.41, 5.74) is -0.0869. The Morgan fingerprint density at radius 2 is 1.53 bits per heavy atom.